The van der Waals surface area contributed by atoms with Gasteiger partial charge in [-0.15, -0.1) is 0 Å². The van der Waals surface area contributed by atoms with E-state index >= 15 is 0 Å². The van der Waals surface area contributed by atoms with Gasteiger partial charge in [0.2, 0.25) is 5.91 Å². The van der Waals surface area contributed by atoms with Crippen LogP contribution in [0.15, 0.2) is 0 Å². The van der Waals surface area contributed by atoms with Crippen LogP contribution in [-0.2, 0) is 4.79 Å². The Morgan fingerprint density at radius 3 is 2.67 bits per heavy atom. The number of aliphatic hydroxyl groups excluding tert-OH is 1. The highest BCUT2D eigenvalue weighted by Crippen LogP contribution is 2.21. The van der Waals surface area contributed by atoms with Crippen molar-refractivity contribution in [1.29, 1.82) is 0 Å². The summed E-state index contributed by atoms with van der Waals surface area (Å²) in [7, 11) is 0. The average Bonchev–Trinajstić information content (AvgIpc) is 2.38. The lowest BCUT2D eigenvalue weighted by molar-refractivity contribution is -0.128. The van der Waals surface area contributed by atoms with E-state index < -0.39 is 0 Å². The van der Waals surface area contributed by atoms with Crippen LogP contribution in [0.25, 0.3) is 0 Å². The first-order valence-electron chi connectivity index (χ1n) is 7.22. The molecule has 4 nitrogen and oxygen atoms in total. The molecule has 0 aliphatic carbocycles. The molecule has 0 aromatic carbocycles. The van der Waals surface area contributed by atoms with Gasteiger partial charge in [0.05, 0.1) is 12.1 Å². The molecule has 0 radical (unpaired) electrons. The molecule has 1 rings (SSSR count). The molecule has 1 saturated heterocycles. The molecule has 106 valence electrons. The standard InChI is InChI=1S/C14H28N2O2/c1-5-10(3)15-14(18)11(4)16-8-7-13(17)12(6-2)9-16/h10-13,17H,5-9H2,1-4H3,(H,15,18). The zero-order chi connectivity index (χ0) is 13.7. The van der Waals surface area contributed by atoms with Gasteiger partial charge >= 0.3 is 0 Å². The summed E-state index contributed by atoms with van der Waals surface area (Å²) in [5, 5.41) is 12.9. The number of piperidine rings is 1. The van der Waals surface area contributed by atoms with E-state index in [0.29, 0.717) is 5.92 Å². The maximum atomic E-state index is 12.1. The fraction of sp³-hybridized carbons (Fsp3) is 0.929. The third-order valence-corrected chi connectivity index (χ3v) is 4.18. The van der Waals surface area contributed by atoms with Gasteiger partial charge in [0.1, 0.15) is 0 Å². The van der Waals surface area contributed by atoms with Crippen molar-refractivity contribution in [1.82, 2.24) is 10.2 Å². The minimum Gasteiger partial charge on any atom is -0.393 e. The van der Waals surface area contributed by atoms with Crippen molar-refractivity contribution in [2.24, 2.45) is 5.92 Å². The van der Waals surface area contributed by atoms with E-state index in [1.807, 2.05) is 13.8 Å². The van der Waals surface area contributed by atoms with Crippen LogP contribution in [0.3, 0.4) is 0 Å². The van der Waals surface area contributed by atoms with Crippen molar-refractivity contribution >= 4 is 5.91 Å². The molecule has 18 heavy (non-hydrogen) atoms. The predicted octanol–water partition coefficient (Wildman–Crippen LogP) is 1.38. The third kappa shape index (κ3) is 3.95. The third-order valence-electron chi connectivity index (χ3n) is 4.18. The van der Waals surface area contributed by atoms with Crippen LogP contribution in [0.2, 0.25) is 0 Å². The van der Waals surface area contributed by atoms with Crippen molar-refractivity contribution in [3.8, 4) is 0 Å². The van der Waals surface area contributed by atoms with Crippen molar-refractivity contribution in [3.63, 3.8) is 0 Å². The number of nitrogens with one attached hydrogen (secondary N) is 1. The molecule has 0 spiro atoms. The van der Waals surface area contributed by atoms with E-state index in [0.717, 1.165) is 32.4 Å². The fourth-order valence-corrected chi connectivity index (χ4v) is 2.43. The quantitative estimate of drug-likeness (QED) is 0.781. The Morgan fingerprint density at radius 1 is 1.44 bits per heavy atom. The Hall–Kier alpha value is -0.610. The second kappa shape index (κ2) is 7.10. The largest absolute Gasteiger partial charge is 0.393 e. The monoisotopic (exact) mass is 256 g/mol. The van der Waals surface area contributed by atoms with E-state index in [9.17, 15) is 9.90 Å². The second-order valence-electron chi connectivity index (χ2n) is 5.51. The van der Waals surface area contributed by atoms with Gasteiger partial charge in [0.15, 0.2) is 0 Å². The minimum absolute atomic E-state index is 0.0967. The van der Waals surface area contributed by atoms with Gasteiger partial charge in [0, 0.05) is 19.1 Å². The fourth-order valence-electron chi connectivity index (χ4n) is 2.43. The number of carbonyl (C=O) groups is 1. The lowest BCUT2D eigenvalue weighted by atomic mass is 9.91. The van der Waals surface area contributed by atoms with Crippen molar-refractivity contribution in [2.75, 3.05) is 13.1 Å². The van der Waals surface area contributed by atoms with Gasteiger partial charge in [-0.1, -0.05) is 13.8 Å². The van der Waals surface area contributed by atoms with Gasteiger partial charge in [-0.2, -0.15) is 0 Å². The Bertz CT molecular complexity index is 271. The van der Waals surface area contributed by atoms with Crippen LogP contribution >= 0.6 is 0 Å². The smallest absolute Gasteiger partial charge is 0.237 e. The average molecular weight is 256 g/mol. The van der Waals surface area contributed by atoms with Crippen molar-refractivity contribution in [3.05, 3.63) is 0 Å². The topological polar surface area (TPSA) is 52.6 Å². The highest BCUT2D eigenvalue weighted by Gasteiger charge is 2.31. The van der Waals surface area contributed by atoms with Crippen LogP contribution in [-0.4, -0.2) is 47.2 Å². The molecule has 0 aromatic rings. The lowest BCUT2D eigenvalue weighted by Gasteiger charge is -2.38. The lowest BCUT2D eigenvalue weighted by Crippen LogP contribution is -2.53. The Labute approximate surface area is 111 Å². The predicted molar refractivity (Wildman–Crippen MR) is 73.3 cm³/mol. The van der Waals surface area contributed by atoms with E-state index in [1.165, 1.54) is 0 Å². The molecule has 1 amide bonds. The van der Waals surface area contributed by atoms with Crippen LogP contribution in [0.4, 0.5) is 0 Å². The molecule has 0 saturated carbocycles. The summed E-state index contributed by atoms with van der Waals surface area (Å²) in [6, 6.07) is 0.137. The SMILES string of the molecule is CCC(C)NC(=O)C(C)N1CCC(O)C(CC)C1. The molecule has 4 unspecified atom stereocenters. The van der Waals surface area contributed by atoms with Crippen LogP contribution in [0.1, 0.15) is 47.0 Å². The molecule has 2 N–H and O–H groups in total. The number of nitrogens with zero attached hydrogens (tertiary/aromatic N) is 1. The van der Waals surface area contributed by atoms with Gasteiger partial charge in [-0.25, -0.2) is 0 Å². The molecule has 1 aliphatic heterocycles. The first-order chi connectivity index (χ1) is 8.49. The molecule has 4 heteroatoms. The number of carbonyl (C=O) groups excluding carboxylic acids is 1. The Balaban J connectivity index is 2.51. The first-order valence-corrected chi connectivity index (χ1v) is 7.22. The highest BCUT2D eigenvalue weighted by atomic mass is 16.3. The summed E-state index contributed by atoms with van der Waals surface area (Å²) < 4.78 is 0. The maximum Gasteiger partial charge on any atom is 0.237 e. The van der Waals surface area contributed by atoms with Crippen LogP contribution in [0, 0.1) is 5.92 Å². The van der Waals surface area contributed by atoms with E-state index in [-0.39, 0.29) is 24.1 Å². The van der Waals surface area contributed by atoms with Crippen molar-refractivity contribution in [2.45, 2.75) is 65.1 Å². The summed E-state index contributed by atoms with van der Waals surface area (Å²) in [5.74, 6) is 0.410. The zero-order valence-corrected chi connectivity index (χ0v) is 12.1. The van der Waals surface area contributed by atoms with E-state index in [4.69, 9.17) is 0 Å². The van der Waals surface area contributed by atoms with E-state index in [1.54, 1.807) is 0 Å². The summed E-state index contributed by atoms with van der Waals surface area (Å²) in [6.45, 7) is 9.79. The van der Waals surface area contributed by atoms with Crippen molar-refractivity contribution < 1.29 is 9.90 Å². The van der Waals surface area contributed by atoms with Crippen LogP contribution in [0.5, 0.6) is 0 Å². The summed E-state index contributed by atoms with van der Waals surface area (Å²) >= 11 is 0. The highest BCUT2D eigenvalue weighted by molar-refractivity contribution is 5.81. The number of rotatable bonds is 5. The molecule has 1 heterocycles. The van der Waals surface area contributed by atoms with E-state index in [2.05, 4.69) is 24.1 Å². The first kappa shape index (κ1) is 15.4. The number of amides is 1. The van der Waals surface area contributed by atoms with Gasteiger partial charge in [-0.05, 0) is 39.0 Å². The maximum absolute atomic E-state index is 12.1. The normalized spacial score (nSPS) is 28.7. The molecule has 1 aliphatic rings. The zero-order valence-electron chi connectivity index (χ0n) is 12.1. The Kier molecular flexibility index (Phi) is 6.09. The van der Waals surface area contributed by atoms with Gasteiger partial charge < -0.3 is 10.4 Å². The number of hydrogen-bond acceptors (Lipinski definition) is 3. The number of aliphatic hydroxyl groups is 1. The molecule has 0 bridgehead atoms. The molecular formula is C14H28N2O2. The number of hydrogen-bond donors (Lipinski definition) is 2. The number of likely N-dealkylation sites (tertiary alicyclic amines) is 1. The van der Waals surface area contributed by atoms with Gasteiger partial charge in [-0.3, -0.25) is 9.69 Å². The summed E-state index contributed by atoms with van der Waals surface area (Å²) in [4.78, 5) is 14.3. The summed E-state index contributed by atoms with van der Waals surface area (Å²) in [5.41, 5.74) is 0. The molecule has 1 fully saturated rings. The van der Waals surface area contributed by atoms with Crippen LogP contribution < -0.4 is 5.32 Å². The summed E-state index contributed by atoms with van der Waals surface area (Å²) in [6.07, 6.45) is 2.50. The second-order valence-corrected chi connectivity index (χ2v) is 5.51. The Morgan fingerprint density at radius 2 is 2.11 bits per heavy atom. The molecular weight excluding hydrogens is 228 g/mol. The minimum atomic E-state index is -0.198. The molecule has 4 atom stereocenters. The molecule has 0 aromatic heterocycles. The van der Waals surface area contributed by atoms with Gasteiger partial charge in [0.25, 0.3) is 0 Å².